The Morgan fingerprint density at radius 2 is 0.469 bits per heavy atom. The van der Waals surface area contributed by atoms with E-state index in [1.54, 1.807) is 6.33 Å². The van der Waals surface area contributed by atoms with E-state index < -0.39 is 5.41 Å². The molecule has 5 heterocycles. The van der Waals surface area contributed by atoms with Crippen molar-refractivity contribution < 1.29 is 0 Å². The Morgan fingerprint density at radius 1 is 0.147 bits per heavy atom. The lowest BCUT2D eigenvalue weighted by atomic mass is 9.67. The molecule has 0 bridgehead atoms. The first-order chi connectivity index (χ1) is 70.9. The Balaban J connectivity index is 0.000000118. The first kappa shape index (κ1) is 86.9. The highest BCUT2D eigenvalue weighted by atomic mass is 14.8. The minimum Gasteiger partial charge on any atom is -0.256 e. The van der Waals surface area contributed by atoms with Crippen molar-refractivity contribution in [2.75, 3.05) is 0 Å². The van der Waals surface area contributed by atoms with Crippen molar-refractivity contribution in [2.45, 2.75) is 5.41 Å². The molecule has 1 aliphatic carbocycles. The summed E-state index contributed by atoms with van der Waals surface area (Å²) in [6.07, 6.45) is 5.30. The third-order valence-electron chi connectivity index (χ3n) is 27.6. The van der Waals surface area contributed by atoms with E-state index in [9.17, 15) is 0 Å². The van der Waals surface area contributed by atoms with Gasteiger partial charge in [-0.15, -0.1) is 0 Å². The molecule has 25 aromatic rings. The van der Waals surface area contributed by atoms with Gasteiger partial charge in [0, 0.05) is 56.9 Å². The number of benzene rings is 20. The summed E-state index contributed by atoms with van der Waals surface area (Å²) in [4.78, 5) is 29.4. The number of rotatable bonds is 17. The summed E-state index contributed by atoms with van der Waals surface area (Å²) in [5.74, 6) is 0. The minimum atomic E-state index is -0.545. The molecule has 0 spiro atoms. The molecule has 0 saturated heterocycles. The quantitative estimate of drug-likeness (QED) is 0.0846. The summed E-state index contributed by atoms with van der Waals surface area (Å²) in [6.45, 7) is 0. The van der Waals surface area contributed by atoms with Crippen LogP contribution >= 0.6 is 0 Å². The number of hydrogen-bond acceptors (Lipinski definition) is 6. The van der Waals surface area contributed by atoms with Gasteiger partial charge >= 0.3 is 0 Å². The van der Waals surface area contributed by atoms with E-state index in [1.807, 2.05) is 54.9 Å². The number of nitrogens with zero attached hydrogens (tertiary/aromatic N) is 6. The molecule has 26 rings (SSSR count). The number of fused-ring (bicyclic) bond motifs is 8. The maximum Gasteiger partial charge on any atom is 0.116 e. The fourth-order valence-electron chi connectivity index (χ4n) is 20.9. The SMILES string of the molecule is c1ccc(-c2cc(-c3cc(-c4ccccc4)nc(-c4ccccc4)c3)cc(-c3cccc4ccccc34)c2)cc1.c1ccc(-c2cc(-c3cc(-c4ccccn4)cc(-c4c5ccccc5cc5ccccc45)c3)cc(-c3ccccc3)n2)cc1.c1ccc(-c2cc(-c3ccccc3)nc(-c3cc(-c4ccncn4)cc(-c4cc5c(c6ccccc46)-c4ccccc4C5(c4ccccc4)c4ccccc4)c3)c2)cc1. The largest absolute Gasteiger partial charge is 0.256 e. The van der Waals surface area contributed by atoms with Crippen molar-refractivity contribution in [1.29, 1.82) is 0 Å². The summed E-state index contributed by atoms with van der Waals surface area (Å²) in [5, 5.41) is 9.85. The standard InChI is InChI=1S/C56H37N3.C42H28N2.C39H27N/c1-5-17-38(18-6-1)40-34-53(39-19-7-2-8-20-39)59-54(35-40)43-32-41(31-42(33-43)52-29-30-57-37-58-52)49-36-51-55(47-26-14-13-25-46(47)49)48-27-15-16-28-50(48)56(51,44-21-9-3-10-22-44)45-23-11-4-12-24-45;1-3-13-29(14-4-1)40-27-34(28-41(44-40)30-15-5-2-6-16-30)33-24-35(39-21-11-12-22-43-39)26-36(25-33)42-37-19-9-7-17-31(37)23-32-18-8-10-20-38(32)42;1-4-13-28(14-5-1)32-23-33(25-35(24-32)37-22-12-20-29-15-10-11-21-36(29)37)34-26-38(30-16-6-2-7-17-30)40-39(27-34)31-18-8-3-9-19-31/h1-37H;1-28H;1-27H. The van der Waals surface area contributed by atoms with Crippen molar-refractivity contribution in [3.63, 3.8) is 0 Å². The highest BCUT2D eigenvalue weighted by molar-refractivity contribution is 6.14. The molecule has 6 heteroatoms. The van der Waals surface area contributed by atoms with Gasteiger partial charge in [-0.3, -0.25) is 4.98 Å². The van der Waals surface area contributed by atoms with Gasteiger partial charge in [-0.1, -0.05) is 419 Å². The van der Waals surface area contributed by atoms with Gasteiger partial charge in [0.1, 0.15) is 6.33 Å². The molecule has 0 saturated carbocycles. The molecule has 0 radical (unpaired) electrons. The average molecular weight is 1820 g/mol. The molecule has 0 atom stereocenters. The first-order valence-electron chi connectivity index (χ1n) is 48.6. The minimum absolute atomic E-state index is 0.545. The van der Waals surface area contributed by atoms with E-state index >= 15 is 0 Å². The topological polar surface area (TPSA) is 77.3 Å². The van der Waals surface area contributed by atoms with Gasteiger partial charge in [0.05, 0.1) is 51.0 Å². The monoisotopic (exact) mass is 1820 g/mol. The maximum atomic E-state index is 5.39. The van der Waals surface area contributed by atoms with Gasteiger partial charge in [-0.2, -0.15) is 0 Å². The lowest BCUT2D eigenvalue weighted by molar-refractivity contribution is 0.769. The lowest BCUT2D eigenvalue weighted by Crippen LogP contribution is -2.28. The van der Waals surface area contributed by atoms with Crippen LogP contribution in [-0.2, 0) is 5.41 Å². The Bertz CT molecular complexity index is 8680. The molecule has 20 aromatic carbocycles. The van der Waals surface area contributed by atoms with E-state index in [0.717, 1.165) is 135 Å². The second-order valence-corrected chi connectivity index (χ2v) is 36.3. The van der Waals surface area contributed by atoms with Crippen LogP contribution in [0.5, 0.6) is 0 Å². The summed E-state index contributed by atoms with van der Waals surface area (Å²) >= 11 is 0. The van der Waals surface area contributed by atoms with Crippen molar-refractivity contribution in [3.05, 3.63) is 581 Å². The van der Waals surface area contributed by atoms with E-state index in [4.69, 9.17) is 24.9 Å². The van der Waals surface area contributed by atoms with Crippen molar-refractivity contribution in [2.24, 2.45) is 0 Å². The van der Waals surface area contributed by atoms with Crippen molar-refractivity contribution >= 4 is 43.1 Å². The predicted octanol–water partition coefficient (Wildman–Crippen LogP) is 35.4. The zero-order valence-electron chi connectivity index (χ0n) is 78.3. The Hall–Kier alpha value is -18.9. The molecular weight excluding hydrogens is 1730 g/mol. The highest BCUT2D eigenvalue weighted by Crippen LogP contribution is 2.60. The molecule has 1 aliphatic rings. The number of pyridine rings is 4. The first-order valence-corrected chi connectivity index (χ1v) is 48.6. The van der Waals surface area contributed by atoms with Crippen LogP contribution in [0, 0.1) is 0 Å². The fraction of sp³-hybridized carbons (Fsp3) is 0.00730. The van der Waals surface area contributed by atoms with E-state index in [1.165, 1.54) is 110 Å². The van der Waals surface area contributed by atoms with Crippen LogP contribution in [0.15, 0.2) is 559 Å². The van der Waals surface area contributed by atoms with Gasteiger partial charge in [-0.05, 0) is 276 Å². The number of aromatic nitrogens is 6. The van der Waals surface area contributed by atoms with Crippen LogP contribution in [0.2, 0.25) is 0 Å². The molecule has 0 unspecified atom stereocenters. The molecule has 0 amide bonds. The van der Waals surface area contributed by atoms with Crippen LogP contribution in [0.4, 0.5) is 0 Å². The van der Waals surface area contributed by atoms with Crippen LogP contribution in [0.25, 0.3) is 222 Å². The predicted molar refractivity (Wildman–Crippen MR) is 595 cm³/mol. The molecule has 0 N–H and O–H groups in total. The van der Waals surface area contributed by atoms with Gasteiger partial charge < -0.3 is 0 Å². The van der Waals surface area contributed by atoms with Crippen molar-refractivity contribution in [3.8, 4) is 179 Å². The Labute approximate surface area is 832 Å². The van der Waals surface area contributed by atoms with E-state index in [2.05, 4.69) is 502 Å². The smallest absolute Gasteiger partial charge is 0.116 e. The third-order valence-corrected chi connectivity index (χ3v) is 27.6. The molecule has 6 nitrogen and oxygen atoms in total. The van der Waals surface area contributed by atoms with Crippen LogP contribution in [-0.4, -0.2) is 29.9 Å². The summed E-state index contributed by atoms with van der Waals surface area (Å²) < 4.78 is 0. The van der Waals surface area contributed by atoms with Gasteiger partial charge in [0.15, 0.2) is 0 Å². The average Bonchev–Trinajstić information content (AvgIpc) is 1.52. The third kappa shape index (κ3) is 17.4. The van der Waals surface area contributed by atoms with Gasteiger partial charge in [-0.25, -0.2) is 24.9 Å². The zero-order valence-corrected chi connectivity index (χ0v) is 78.3. The van der Waals surface area contributed by atoms with Crippen LogP contribution in [0.3, 0.4) is 0 Å². The van der Waals surface area contributed by atoms with E-state index in [0.29, 0.717) is 0 Å². The van der Waals surface area contributed by atoms with E-state index in [-0.39, 0.29) is 0 Å². The molecule has 0 aliphatic heterocycles. The van der Waals surface area contributed by atoms with Crippen molar-refractivity contribution in [1.82, 2.24) is 29.9 Å². The Kier molecular flexibility index (Phi) is 23.7. The number of hydrogen-bond donors (Lipinski definition) is 0. The summed E-state index contributed by atoms with van der Waals surface area (Å²) in [5.41, 5.74) is 39.3. The van der Waals surface area contributed by atoms with Gasteiger partial charge in [0.2, 0.25) is 0 Å². The van der Waals surface area contributed by atoms with Gasteiger partial charge in [0.25, 0.3) is 0 Å². The fourth-order valence-corrected chi connectivity index (χ4v) is 20.9. The maximum absolute atomic E-state index is 5.39. The summed E-state index contributed by atoms with van der Waals surface area (Å²) in [7, 11) is 0. The highest BCUT2D eigenvalue weighted by Gasteiger charge is 2.47. The zero-order chi connectivity index (χ0) is 95.2. The Morgan fingerprint density at radius 3 is 0.944 bits per heavy atom. The molecule has 0 fully saturated rings. The molecule has 670 valence electrons. The molecular formula is C137H92N6. The van der Waals surface area contributed by atoms with Crippen LogP contribution in [0.1, 0.15) is 22.3 Å². The molecule has 5 aromatic heterocycles. The second-order valence-electron chi connectivity index (χ2n) is 36.3. The normalized spacial score (nSPS) is 11.7. The second kappa shape index (κ2) is 38.9. The summed E-state index contributed by atoms with van der Waals surface area (Å²) in [6, 6.07) is 193. The lowest BCUT2D eigenvalue weighted by Gasteiger charge is -2.34. The molecule has 143 heavy (non-hydrogen) atoms. The van der Waals surface area contributed by atoms with Crippen LogP contribution < -0.4 is 0 Å².